The van der Waals surface area contributed by atoms with Gasteiger partial charge in [-0.3, -0.25) is 9.36 Å². The Hall–Kier alpha value is -2.65. The molecule has 2 aromatic heterocycles. The van der Waals surface area contributed by atoms with Crippen molar-refractivity contribution in [2.45, 2.75) is 37.7 Å². The van der Waals surface area contributed by atoms with Gasteiger partial charge in [-0.15, -0.1) is 28.1 Å². The van der Waals surface area contributed by atoms with Gasteiger partial charge in [0.2, 0.25) is 5.91 Å². The summed E-state index contributed by atoms with van der Waals surface area (Å²) in [5.74, 6) is 1.32. The number of methoxy groups -OCH3 is 1. The van der Waals surface area contributed by atoms with Crippen LogP contribution in [0, 0.1) is 13.8 Å². The standard InChI is InChI=1S/C20H23N5O2S2/c1-6-10-25-17(15-8-7-9-16(11-15)27-5)23-24-20(25)29-14(4)18(26)22-19-21-12(2)13(3)28-19/h6-9,11,14H,1,10H2,2-5H3,(H,21,22,26)/t14-/m1/s1. The average molecular weight is 430 g/mol. The lowest BCUT2D eigenvalue weighted by atomic mass is 10.2. The number of nitrogens with zero attached hydrogens (tertiary/aromatic N) is 4. The maximum atomic E-state index is 12.6. The Morgan fingerprint density at radius 2 is 2.21 bits per heavy atom. The molecule has 3 rings (SSSR count). The minimum atomic E-state index is -0.370. The van der Waals surface area contributed by atoms with Crippen LogP contribution >= 0.6 is 23.1 Å². The zero-order valence-electron chi connectivity index (χ0n) is 16.8. The number of hydrogen-bond acceptors (Lipinski definition) is 7. The van der Waals surface area contributed by atoms with E-state index in [4.69, 9.17) is 4.74 Å². The first kappa shape index (κ1) is 21.1. The van der Waals surface area contributed by atoms with Gasteiger partial charge in [0.15, 0.2) is 16.1 Å². The first-order valence-electron chi connectivity index (χ1n) is 9.03. The van der Waals surface area contributed by atoms with Crippen LogP contribution < -0.4 is 10.1 Å². The summed E-state index contributed by atoms with van der Waals surface area (Å²) in [4.78, 5) is 18.1. The van der Waals surface area contributed by atoms with Crippen LogP contribution in [0.5, 0.6) is 5.75 Å². The molecular weight excluding hydrogens is 406 g/mol. The number of thiazole rings is 1. The molecule has 0 saturated heterocycles. The van der Waals surface area contributed by atoms with E-state index in [2.05, 4.69) is 27.1 Å². The molecule has 0 bridgehead atoms. The number of allylic oxidation sites excluding steroid dienone is 1. The van der Waals surface area contributed by atoms with Crippen LogP contribution in [-0.2, 0) is 11.3 Å². The Balaban J connectivity index is 1.80. The molecule has 7 nitrogen and oxygen atoms in total. The van der Waals surface area contributed by atoms with Crippen molar-refractivity contribution in [2.24, 2.45) is 0 Å². The number of benzene rings is 1. The predicted molar refractivity (Wildman–Crippen MR) is 118 cm³/mol. The van der Waals surface area contributed by atoms with Gasteiger partial charge >= 0.3 is 0 Å². The summed E-state index contributed by atoms with van der Waals surface area (Å²) in [7, 11) is 1.63. The van der Waals surface area contributed by atoms with E-state index in [1.165, 1.54) is 23.1 Å². The number of thioether (sulfide) groups is 1. The van der Waals surface area contributed by atoms with Crippen LogP contribution in [0.3, 0.4) is 0 Å². The highest BCUT2D eigenvalue weighted by atomic mass is 32.2. The van der Waals surface area contributed by atoms with E-state index in [1.54, 1.807) is 13.2 Å². The number of rotatable bonds is 8. The molecule has 0 spiro atoms. The summed E-state index contributed by atoms with van der Waals surface area (Å²) < 4.78 is 7.24. The number of aromatic nitrogens is 4. The molecule has 0 fully saturated rings. The summed E-state index contributed by atoms with van der Waals surface area (Å²) in [6.07, 6.45) is 1.78. The van der Waals surface area contributed by atoms with Gasteiger partial charge < -0.3 is 10.1 Å². The fraction of sp³-hybridized carbons (Fsp3) is 0.300. The van der Waals surface area contributed by atoms with Crippen molar-refractivity contribution in [3.63, 3.8) is 0 Å². The van der Waals surface area contributed by atoms with Crippen molar-refractivity contribution in [1.29, 1.82) is 0 Å². The number of ether oxygens (including phenoxy) is 1. The second kappa shape index (κ2) is 9.23. The highest BCUT2D eigenvalue weighted by Gasteiger charge is 2.21. The quantitative estimate of drug-likeness (QED) is 0.424. The van der Waals surface area contributed by atoms with E-state index >= 15 is 0 Å². The number of carbonyl (C=O) groups is 1. The highest BCUT2D eigenvalue weighted by Crippen LogP contribution is 2.29. The third kappa shape index (κ3) is 4.86. The van der Waals surface area contributed by atoms with E-state index in [1.807, 2.05) is 49.6 Å². The Kier molecular flexibility index (Phi) is 6.71. The largest absolute Gasteiger partial charge is 0.497 e. The van der Waals surface area contributed by atoms with Gasteiger partial charge in [0.25, 0.3) is 0 Å². The van der Waals surface area contributed by atoms with E-state index in [-0.39, 0.29) is 11.2 Å². The fourth-order valence-corrected chi connectivity index (χ4v) is 4.27. The number of anilines is 1. The molecule has 1 amide bonds. The van der Waals surface area contributed by atoms with Gasteiger partial charge in [0, 0.05) is 17.0 Å². The van der Waals surface area contributed by atoms with Gasteiger partial charge in [-0.25, -0.2) is 4.98 Å². The van der Waals surface area contributed by atoms with Crippen LogP contribution in [0.25, 0.3) is 11.4 Å². The molecule has 0 aliphatic carbocycles. The molecule has 9 heteroatoms. The van der Waals surface area contributed by atoms with Crippen molar-refractivity contribution >= 4 is 34.1 Å². The Morgan fingerprint density at radius 1 is 1.41 bits per heavy atom. The normalized spacial score (nSPS) is 11.9. The van der Waals surface area contributed by atoms with Crippen LogP contribution in [0.15, 0.2) is 42.1 Å². The van der Waals surface area contributed by atoms with Gasteiger partial charge in [-0.1, -0.05) is 30.0 Å². The third-order valence-corrected chi connectivity index (χ3v) is 6.34. The van der Waals surface area contributed by atoms with Gasteiger partial charge in [-0.2, -0.15) is 0 Å². The molecule has 0 aliphatic heterocycles. The van der Waals surface area contributed by atoms with Gasteiger partial charge in [-0.05, 0) is 32.9 Å². The molecule has 2 heterocycles. The zero-order chi connectivity index (χ0) is 21.0. The average Bonchev–Trinajstić information content (AvgIpc) is 3.24. The second-order valence-electron chi connectivity index (χ2n) is 6.35. The third-order valence-electron chi connectivity index (χ3n) is 4.27. The molecule has 0 aliphatic rings. The number of hydrogen-bond donors (Lipinski definition) is 1. The molecule has 0 unspecified atom stereocenters. The van der Waals surface area contributed by atoms with E-state index in [9.17, 15) is 4.79 Å². The monoisotopic (exact) mass is 429 g/mol. The SMILES string of the molecule is C=CCn1c(S[C@H](C)C(=O)Nc2nc(C)c(C)s2)nnc1-c1cccc(OC)c1. The van der Waals surface area contributed by atoms with Gasteiger partial charge in [0.1, 0.15) is 5.75 Å². The lowest BCUT2D eigenvalue weighted by Crippen LogP contribution is -2.22. The number of nitrogens with one attached hydrogen (secondary N) is 1. The lowest BCUT2D eigenvalue weighted by Gasteiger charge is -2.12. The predicted octanol–water partition coefficient (Wildman–Crippen LogP) is 4.33. The molecule has 1 N–H and O–H groups in total. The summed E-state index contributed by atoms with van der Waals surface area (Å²) >= 11 is 2.82. The van der Waals surface area contributed by atoms with E-state index in [0.29, 0.717) is 22.7 Å². The molecule has 29 heavy (non-hydrogen) atoms. The summed E-state index contributed by atoms with van der Waals surface area (Å²) in [5, 5.41) is 12.4. The number of aryl methyl sites for hydroxylation is 2. The van der Waals surface area contributed by atoms with Crippen LogP contribution in [0.1, 0.15) is 17.5 Å². The van der Waals surface area contributed by atoms with Crippen molar-refractivity contribution in [2.75, 3.05) is 12.4 Å². The number of carbonyl (C=O) groups excluding carboxylic acids is 1. The van der Waals surface area contributed by atoms with Gasteiger partial charge in [0.05, 0.1) is 18.1 Å². The molecule has 1 atom stereocenters. The van der Waals surface area contributed by atoms with Crippen molar-refractivity contribution in [3.8, 4) is 17.1 Å². The van der Waals surface area contributed by atoms with Crippen molar-refractivity contribution in [3.05, 3.63) is 47.5 Å². The van der Waals surface area contributed by atoms with Crippen LogP contribution in [0.4, 0.5) is 5.13 Å². The smallest absolute Gasteiger partial charge is 0.239 e. The van der Waals surface area contributed by atoms with E-state index < -0.39 is 0 Å². The van der Waals surface area contributed by atoms with Crippen molar-refractivity contribution in [1.82, 2.24) is 19.7 Å². The fourth-order valence-electron chi connectivity index (χ4n) is 2.59. The van der Waals surface area contributed by atoms with Crippen LogP contribution in [0.2, 0.25) is 0 Å². The Bertz CT molecular complexity index is 1010. The first-order valence-corrected chi connectivity index (χ1v) is 10.7. The first-order chi connectivity index (χ1) is 13.9. The van der Waals surface area contributed by atoms with Crippen LogP contribution in [-0.4, -0.2) is 38.0 Å². The molecule has 1 aromatic carbocycles. The topological polar surface area (TPSA) is 81.9 Å². The molecular formula is C20H23N5O2S2. The molecule has 152 valence electrons. The maximum absolute atomic E-state index is 12.6. The zero-order valence-corrected chi connectivity index (χ0v) is 18.4. The maximum Gasteiger partial charge on any atom is 0.239 e. The minimum absolute atomic E-state index is 0.125. The lowest BCUT2D eigenvalue weighted by molar-refractivity contribution is -0.115. The molecule has 3 aromatic rings. The molecule has 0 saturated carbocycles. The van der Waals surface area contributed by atoms with E-state index in [0.717, 1.165) is 21.9 Å². The Morgan fingerprint density at radius 3 is 2.86 bits per heavy atom. The number of amides is 1. The second-order valence-corrected chi connectivity index (χ2v) is 8.86. The summed E-state index contributed by atoms with van der Waals surface area (Å²) in [5.41, 5.74) is 1.82. The molecule has 0 radical (unpaired) electrons. The summed E-state index contributed by atoms with van der Waals surface area (Å²) in [6, 6.07) is 7.63. The van der Waals surface area contributed by atoms with Crippen molar-refractivity contribution < 1.29 is 9.53 Å². The minimum Gasteiger partial charge on any atom is -0.497 e. The Labute approximate surface area is 178 Å². The highest BCUT2D eigenvalue weighted by molar-refractivity contribution is 8.00. The summed E-state index contributed by atoms with van der Waals surface area (Å²) in [6.45, 7) is 10.1.